The van der Waals surface area contributed by atoms with E-state index >= 15 is 0 Å². The fraction of sp³-hybridized carbons (Fsp3) is 0.364. The molecular weight excluding hydrogens is 342 g/mol. The first kappa shape index (κ1) is 19.0. The SMILES string of the molecule is COc1ccc(NC(=O)C(OC(=O)CC2CCCC2)c2ccccc2)cc1. The molecule has 0 saturated heterocycles. The number of benzene rings is 2. The van der Waals surface area contributed by atoms with Crippen LogP contribution in [0.5, 0.6) is 5.75 Å². The summed E-state index contributed by atoms with van der Waals surface area (Å²) in [6.45, 7) is 0. The van der Waals surface area contributed by atoms with Gasteiger partial charge in [0.25, 0.3) is 5.91 Å². The molecule has 0 heterocycles. The second-order valence-electron chi connectivity index (χ2n) is 6.85. The molecule has 0 spiro atoms. The Morgan fingerprint density at radius 1 is 1.04 bits per heavy atom. The van der Waals surface area contributed by atoms with E-state index in [0.717, 1.165) is 25.7 Å². The Bertz CT molecular complexity index is 752. The van der Waals surface area contributed by atoms with Gasteiger partial charge in [0, 0.05) is 17.7 Å². The zero-order valence-electron chi connectivity index (χ0n) is 15.5. The van der Waals surface area contributed by atoms with E-state index in [0.29, 0.717) is 29.3 Å². The molecular formula is C22H25NO4. The normalized spacial score (nSPS) is 15.1. The van der Waals surface area contributed by atoms with E-state index in [-0.39, 0.29) is 11.9 Å². The summed E-state index contributed by atoms with van der Waals surface area (Å²) in [4.78, 5) is 25.2. The summed E-state index contributed by atoms with van der Waals surface area (Å²) in [6, 6.07) is 16.1. The molecule has 1 aliphatic carbocycles. The van der Waals surface area contributed by atoms with Gasteiger partial charge in [0.15, 0.2) is 0 Å². The van der Waals surface area contributed by atoms with Crippen molar-refractivity contribution in [2.24, 2.45) is 5.92 Å². The molecule has 2 aromatic carbocycles. The van der Waals surface area contributed by atoms with Crippen LogP contribution in [0.15, 0.2) is 54.6 Å². The molecule has 1 N–H and O–H groups in total. The number of esters is 1. The van der Waals surface area contributed by atoms with Gasteiger partial charge in [0.2, 0.25) is 6.10 Å². The molecule has 5 nitrogen and oxygen atoms in total. The number of hydrogen-bond donors (Lipinski definition) is 1. The average Bonchev–Trinajstić information content (AvgIpc) is 3.20. The number of carbonyl (C=O) groups is 2. The van der Waals surface area contributed by atoms with E-state index in [1.807, 2.05) is 18.2 Å². The van der Waals surface area contributed by atoms with Crippen LogP contribution in [0.1, 0.15) is 43.8 Å². The molecule has 1 amide bonds. The van der Waals surface area contributed by atoms with E-state index in [1.54, 1.807) is 43.5 Å². The number of methoxy groups -OCH3 is 1. The Morgan fingerprint density at radius 3 is 2.33 bits per heavy atom. The van der Waals surface area contributed by atoms with Crippen LogP contribution in [0, 0.1) is 5.92 Å². The first-order valence-electron chi connectivity index (χ1n) is 9.35. The first-order valence-corrected chi connectivity index (χ1v) is 9.35. The largest absolute Gasteiger partial charge is 0.497 e. The second kappa shape index (κ2) is 9.21. The minimum atomic E-state index is -0.970. The second-order valence-corrected chi connectivity index (χ2v) is 6.85. The molecule has 0 radical (unpaired) electrons. The van der Waals surface area contributed by atoms with Crippen LogP contribution in [0.3, 0.4) is 0 Å². The molecule has 142 valence electrons. The van der Waals surface area contributed by atoms with Crippen LogP contribution in [0.2, 0.25) is 0 Å². The van der Waals surface area contributed by atoms with Crippen molar-refractivity contribution in [3.05, 3.63) is 60.2 Å². The summed E-state index contributed by atoms with van der Waals surface area (Å²) in [7, 11) is 1.59. The molecule has 1 saturated carbocycles. The quantitative estimate of drug-likeness (QED) is 0.732. The standard InChI is InChI=1S/C22H25NO4/c1-26-19-13-11-18(12-14-19)23-22(25)21(17-9-3-2-4-10-17)27-20(24)15-16-7-5-6-8-16/h2-4,9-14,16,21H,5-8,15H2,1H3,(H,23,25). The van der Waals surface area contributed by atoms with Crippen molar-refractivity contribution >= 4 is 17.6 Å². The molecule has 3 rings (SSSR count). The molecule has 27 heavy (non-hydrogen) atoms. The molecule has 1 fully saturated rings. The van der Waals surface area contributed by atoms with Gasteiger partial charge in [-0.1, -0.05) is 43.2 Å². The van der Waals surface area contributed by atoms with Crippen molar-refractivity contribution in [3.63, 3.8) is 0 Å². The Morgan fingerprint density at radius 2 is 1.70 bits per heavy atom. The third-order valence-electron chi connectivity index (χ3n) is 4.88. The molecule has 2 aromatic rings. The number of rotatable bonds is 7. The van der Waals surface area contributed by atoms with Crippen molar-refractivity contribution < 1.29 is 19.1 Å². The summed E-state index contributed by atoms with van der Waals surface area (Å²) in [6.07, 6.45) is 3.85. The van der Waals surface area contributed by atoms with Crippen molar-refractivity contribution in [3.8, 4) is 5.75 Å². The average molecular weight is 367 g/mol. The van der Waals surface area contributed by atoms with Crippen molar-refractivity contribution in [2.75, 3.05) is 12.4 Å². The zero-order chi connectivity index (χ0) is 19.1. The number of carbonyl (C=O) groups excluding carboxylic acids is 2. The molecule has 0 bridgehead atoms. The summed E-state index contributed by atoms with van der Waals surface area (Å²) >= 11 is 0. The van der Waals surface area contributed by atoms with Gasteiger partial charge in [-0.3, -0.25) is 9.59 Å². The molecule has 1 unspecified atom stereocenters. The number of hydrogen-bond acceptors (Lipinski definition) is 4. The predicted octanol–water partition coefficient (Wildman–Crippen LogP) is 4.50. The number of amides is 1. The third-order valence-corrected chi connectivity index (χ3v) is 4.88. The highest BCUT2D eigenvalue weighted by molar-refractivity contribution is 5.96. The topological polar surface area (TPSA) is 64.6 Å². The van der Waals surface area contributed by atoms with Crippen LogP contribution in [-0.4, -0.2) is 19.0 Å². The first-order chi connectivity index (χ1) is 13.2. The Kier molecular flexibility index (Phi) is 6.47. The highest BCUT2D eigenvalue weighted by atomic mass is 16.5. The number of nitrogens with one attached hydrogen (secondary N) is 1. The lowest BCUT2D eigenvalue weighted by Crippen LogP contribution is -2.26. The van der Waals surface area contributed by atoms with Gasteiger partial charge in [-0.2, -0.15) is 0 Å². The van der Waals surface area contributed by atoms with E-state index in [1.165, 1.54) is 0 Å². The lowest BCUT2D eigenvalue weighted by atomic mass is 10.0. The highest BCUT2D eigenvalue weighted by Gasteiger charge is 2.27. The van der Waals surface area contributed by atoms with Gasteiger partial charge in [-0.05, 0) is 43.0 Å². The Labute approximate surface area is 159 Å². The summed E-state index contributed by atoms with van der Waals surface area (Å²) < 4.78 is 10.7. The van der Waals surface area contributed by atoms with Gasteiger partial charge in [-0.15, -0.1) is 0 Å². The third kappa shape index (κ3) is 5.33. The van der Waals surface area contributed by atoms with Gasteiger partial charge >= 0.3 is 5.97 Å². The van der Waals surface area contributed by atoms with Crippen LogP contribution >= 0.6 is 0 Å². The summed E-state index contributed by atoms with van der Waals surface area (Å²) in [5.74, 6) is 0.390. The molecule has 1 atom stereocenters. The maximum Gasteiger partial charge on any atom is 0.307 e. The van der Waals surface area contributed by atoms with Crippen molar-refractivity contribution in [1.82, 2.24) is 0 Å². The minimum Gasteiger partial charge on any atom is -0.497 e. The van der Waals surface area contributed by atoms with Crippen LogP contribution in [-0.2, 0) is 14.3 Å². The molecule has 0 aliphatic heterocycles. The smallest absolute Gasteiger partial charge is 0.307 e. The minimum absolute atomic E-state index is 0.319. The van der Waals surface area contributed by atoms with Crippen LogP contribution in [0.25, 0.3) is 0 Å². The monoisotopic (exact) mass is 367 g/mol. The van der Waals surface area contributed by atoms with Gasteiger partial charge in [0.05, 0.1) is 7.11 Å². The zero-order valence-corrected chi connectivity index (χ0v) is 15.5. The summed E-state index contributed by atoms with van der Waals surface area (Å²) in [5.41, 5.74) is 1.27. The van der Waals surface area contributed by atoms with E-state index < -0.39 is 6.10 Å². The number of anilines is 1. The van der Waals surface area contributed by atoms with Gasteiger partial charge in [-0.25, -0.2) is 0 Å². The van der Waals surface area contributed by atoms with Crippen LogP contribution in [0.4, 0.5) is 5.69 Å². The molecule has 5 heteroatoms. The fourth-order valence-corrected chi connectivity index (χ4v) is 3.41. The molecule has 1 aliphatic rings. The summed E-state index contributed by atoms with van der Waals surface area (Å²) in [5, 5.41) is 2.82. The van der Waals surface area contributed by atoms with Gasteiger partial charge < -0.3 is 14.8 Å². The van der Waals surface area contributed by atoms with E-state index in [2.05, 4.69) is 5.32 Å². The lowest BCUT2D eigenvalue weighted by Gasteiger charge is -2.19. The van der Waals surface area contributed by atoms with Crippen molar-refractivity contribution in [2.45, 2.75) is 38.2 Å². The fourth-order valence-electron chi connectivity index (χ4n) is 3.41. The molecule has 0 aromatic heterocycles. The van der Waals surface area contributed by atoms with E-state index in [4.69, 9.17) is 9.47 Å². The van der Waals surface area contributed by atoms with Crippen molar-refractivity contribution in [1.29, 1.82) is 0 Å². The van der Waals surface area contributed by atoms with E-state index in [9.17, 15) is 9.59 Å². The number of ether oxygens (including phenoxy) is 2. The Hall–Kier alpha value is -2.82. The lowest BCUT2D eigenvalue weighted by molar-refractivity contribution is -0.155. The predicted molar refractivity (Wildman–Crippen MR) is 103 cm³/mol. The highest BCUT2D eigenvalue weighted by Crippen LogP contribution is 2.29. The Balaban J connectivity index is 1.70. The maximum atomic E-state index is 12.8. The van der Waals surface area contributed by atoms with Gasteiger partial charge in [0.1, 0.15) is 5.75 Å². The van der Waals surface area contributed by atoms with Crippen LogP contribution < -0.4 is 10.1 Å². The maximum absolute atomic E-state index is 12.8.